The summed E-state index contributed by atoms with van der Waals surface area (Å²) < 4.78 is 17.1. The van der Waals surface area contributed by atoms with Crippen LogP contribution in [0, 0.1) is 0 Å². The van der Waals surface area contributed by atoms with Crippen molar-refractivity contribution in [1.29, 1.82) is 0 Å². The summed E-state index contributed by atoms with van der Waals surface area (Å²) in [5, 5.41) is 2.75. The van der Waals surface area contributed by atoms with Crippen LogP contribution in [0.5, 0.6) is 0 Å². The van der Waals surface area contributed by atoms with Gasteiger partial charge in [-0.3, -0.25) is 0 Å². The zero-order chi connectivity index (χ0) is 7.11. The monoisotopic (exact) mass is 135 g/mol. The molecule has 0 spiro atoms. The van der Waals surface area contributed by atoms with Gasteiger partial charge in [-0.1, -0.05) is 0 Å². The van der Waals surface area contributed by atoms with E-state index >= 15 is 0 Å². The standard InChI is InChI=1S/C6H14FNO/c1-8-5-6(7)3-4-9-2/h6,8H,3-5H2,1-2H3/t6-/m0/s1. The highest BCUT2D eigenvalue weighted by Crippen LogP contribution is 1.94. The predicted molar refractivity (Wildman–Crippen MR) is 35.3 cm³/mol. The molecule has 0 aromatic heterocycles. The Morgan fingerprint density at radius 2 is 2.33 bits per heavy atom. The first-order valence-electron chi connectivity index (χ1n) is 3.09. The molecule has 0 fully saturated rings. The van der Waals surface area contributed by atoms with Gasteiger partial charge in [0.2, 0.25) is 0 Å². The lowest BCUT2D eigenvalue weighted by Gasteiger charge is -2.04. The fraction of sp³-hybridized carbons (Fsp3) is 1.00. The molecule has 1 atom stereocenters. The van der Waals surface area contributed by atoms with Gasteiger partial charge in [0.1, 0.15) is 6.17 Å². The highest BCUT2D eigenvalue weighted by Gasteiger charge is 2.02. The Kier molecular flexibility index (Phi) is 5.88. The lowest BCUT2D eigenvalue weighted by Crippen LogP contribution is -2.20. The molecule has 0 aliphatic rings. The van der Waals surface area contributed by atoms with Gasteiger partial charge < -0.3 is 10.1 Å². The van der Waals surface area contributed by atoms with Crippen molar-refractivity contribution in [2.45, 2.75) is 12.6 Å². The molecule has 56 valence electrons. The maximum absolute atomic E-state index is 12.4. The molecule has 3 heteroatoms. The molecule has 0 saturated heterocycles. The van der Waals surface area contributed by atoms with Crippen molar-refractivity contribution in [2.75, 3.05) is 27.3 Å². The molecule has 0 amide bonds. The fourth-order valence-electron chi connectivity index (χ4n) is 0.569. The summed E-state index contributed by atoms with van der Waals surface area (Å²) in [6.07, 6.45) is -0.285. The van der Waals surface area contributed by atoms with Gasteiger partial charge in [0, 0.05) is 26.7 Å². The van der Waals surface area contributed by atoms with Gasteiger partial charge in [-0.05, 0) is 7.05 Å². The van der Waals surface area contributed by atoms with Crippen molar-refractivity contribution in [1.82, 2.24) is 5.32 Å². The van der Waals surface area contributed by atoms with Crippen LogP contribution < -0.4 is 5.32 Å². The fourth-order valence-corrected chi connectivity index (χ4v) is 0.569. The Labute approximate surface area is 55.4 Å². The van der Waals surface area contributed by atoms with E-state index in [-0.39, 0.29) is 0 Å². The first kappa shape index (κ1) is 8.85. The second kappa shape index (κ2) is 5.98. The van der Waals surface area contributed by atoms with Crippen molar-refractivity contribution in [2.24, 2.45) is 0 Å². The van der Waals surface area contributed by atoms with Crippen LogP contribution in [-0.2, 0) is 4.74 Å². The first-order valence-corrected chi connectivity index (χ1v) is 3.09. The Hall–Kier alpha value is -0.150. The van der Waals surface area contributed by atoms with E-state index in [2.05, 4.69) is 5.32 Å². The largest absolute Gasteiger partial charge is 0.385 e. The van der Waals surface area contributed by atoms with E-state index in [0.29, 0.717) is 19.6 Å². The zero-order valence-electron chi connectivity index (χ0n) is 5.98. The van der Waals surface area contributed by atoms with Crippen LogP contribution in [0.2, 0.25) is 0 Å². The average Bonchev–Trinajstić information content (AvgIpc) is 1.85. The SMILES string of the molecule is CNC[C@@H](F)CCOC. The number of halogens is 1. The topological polar surface area (TPSA) is 21.3 Å². The van der Waals surface area contributed by atoms with Crippen molar-refractivity contribution in [3.63, 3.8) is 0 Å². The van der Waals surface area contributed by atoms with E-state index in [0.717, 1.165) is 0 Å². The van der Waals surface area contributed by atoms with Gasteiger partial charge in [0.25, 0.3) is 0 Å². The molecule has 1 N–H and O–H groups in total. The number of methoxy groups -OCH3 is 1. The lowest BCUT2D eigenvalue weighted by molar-refractivity contribution is 0.161. The number of ether oxygens (including phenoxy) is 1. The summed E-state index contributed by atoms with van der Waals surface area (Å²) in [5.74, 6) is 0. The number of nitrogens with one attached hydrogen (secondary N) is 1. The van der Waals surface area contributed by atoms with Crippen LogP contribution in [0.25, 0.3) is 0 Å². The predicted octanol–water partition coefficient (Wildman–Crippen LogP) is 0.580. The minimum Gasteiger partial charge on any atom is -0.385 e. The Morgan fingerprint density at radius 1 is 1.67 bits per heavy atom. The maximum Gasteiger partial charge on any atom is 0.115 e. The number of rotatable bonds is 5. The molecule has 0 bridgehead atoms. The summed E-state index contributed by atoms with van der Waals surface area (Å²) in [7, 11) is 3.31. The van der Waals surface area contributed by atoms with Gasteiger partial charge in [-0.15, -0.1) is 0 Å². The van der Waals surface area contributed by atoms with Gasteiger partial charge in [0.15, 0.2) is 0 Å². The van der Waals surface area contributed by atoms with E-state index in [4.69, 9.17) is 4.74 Å². The molecule has 9 heavy (non-hydrogen) atoms. The molecular formula is C6H14FNO. The molecule has 0 unspecified atom stereocenters. The molecule has 0 rings (SSSR count). The zero-order valence-corrected chi connectivity index (χ0v) is 5.98. The summed E-state index contributed by atoms with van der Waals surface area (Å²) in [6.45, 7) is 0.923. The maximum atomic E-state index is 12.4. The van der Waals surface area contributed by atoms with Gasteiger partial charge in [0.05, 0.1) is 0 Å². The normalized spacial score (nSPS) is 13.7. The van der Waals surface area contributed by atoms with Crippen LogP contribution in [-0.4, -0.2) is 33.5 Å². The van der Waals surface area contributed by atoms with Gasteiger partial charge in [-0.2, -0.15) is 0 Å². The number of hydrogen-bond donors (Lipinski definition) is 1. The Bertz CT molecular complexity index is 61.0. The van der Waals surface area contributed by atoms with Crippen LogP contribution in [0.15, 0.2) is 0 Å². The van der Waals surface area contributed by atoms with Crippen molar-refractivity contribution in [3.05, 3.63) is 0 Å². The van der Waals surface area contributed by atoms with E-state index in [9.17, 15) is 4.39 Å². The molecule has 0 aliphatic carbocycles. The van der Waals surface area contributed by atoms with E-state index < -0.39 is 6.17 Å². The van der Waals surface area contributed by atoms with Crippen molar-refractivity contribution in [3.8, 4) is 0 Å². The summed E-state index contributed by atoms with van der Waals surface area (Å²) >= 11 is 0. The van der Waals surface area contributed by atoms with E-state index in [1.807, 2.05) is 0 Å². The second-order valence-corrected chi connectivity index (χ2v) is 1.94. The smallest absolute Gasteiger partial charge is 0.115 e. The van der Waals surface area contributed by atoms with Crippen LogP contribution in [0.3, 0.4) is 0 Å². The van der Waals surface area contributed by atoms with Gasteiger partial charge in [-0.25, -0.2) is 4.39 Å². The van der Waals surface area contributed by atoms with Crippen LogP contribution in [0.1, 0.15) is 6.42 Å². The third-order valence-corrected chi connectivity index (χ3v) is 1.06. The third kappa shape index (κ3) is 5.73. The molecule has 2 nitrogen and oxygen atoms in total. The van der Waals surface area contributed by atoms with Crippen LogP contribution in [0.4, 0.5) is 4.39 Å². The van der Waals surface area contributed by atoms with Crippen molar-refractivity contribution < 1.29 is 9.13 Å². The Morgan fingerprint density at radius 3 is 2.78 bits per heavy atom. The van der Waals surface area contributed by atoms with Gasteiger partial charge >= 0.3 is 0 Å². The number of alkyl halides is 1. The summed E-state index contributed by atoms with van der Waals surface area (Å²) in [5.41, 5.74) is 0. The molecule has 0 heterocycles. The average molecular weight is 135 g/mol. The molecular weight excluding hydrogens is 121 g/mol. The summed E-state index contributed by atoms with van der Waals surface area (Å²) in [4.78, 5) is 0. The highest BCUT2D eigenvalue weighted by molar-refractivity contribution is 4.56. The third-order valence-electron chi connectivity index (χ3n) is 1.06. The minimum atomic E-state index is -0.769. The second-order valence-electron chi connectivity index (χ2n) is 1.94. The molecule has 0 saturated carbocycles. The summed E-state index contributed by atoms with van der Waals surface area (Å²) in [6, 6.07) is 0. The van der Waals surface area contributed by atoms with E-state index in [1.54, 1.807) is 14.2 Å². The quantitative estimate of drug-likeness (QED) is 0.595. The molecule has 0 radical (unpaired) electrons. The highest BCUT2D eigenvalue weighted by atomic mass is 19.1. The van der Waals surface area contributed by atoms with Crippen LogP contribution >= 0.6 is 0 Å². The molecule has 0 aromatic rings. The lowest BCUT2D eigenvalue weighted by atomic mass is 10.3. The Balaban J connectivity index is 2.95. The minimum absolute atomic E-state index is 0.420. The molecule has 0 aromatic carbocycles. The number of hydrogen-bond acceptors (Lipinski definition) is 2. The van der Waals surface area contributed by atoms with Crippen molar-refractivity contribution >= 4 is 0 Å². The van der Waals surface area contributed by atoms with E-state index in [1.165, 1.54) is 0 Å². The first-order chi connectivity index (χ1) is 4.31. The molecule has 0 aliphatic heterocycles.